The molecule has 1 N–H and O–H groups in total. The molecule has 0 bridgehead atoms. The lowest BCUT2D eigenvalue weighted by Crippen LogP contribution is -2.39. The second-order valence-electron chi connectivity index (χ2n) is 10.4. The van der Waals surface area contributed by atoms with Crippen molar-refractivity contribution in [3.8, 4) is 5.75 Å². The van der Waals surface area contributed by atoms with Crippen LogP contribution in [0.4, 0.5) is 5.69 Å². The van der Waals surface area contributed by atoms with E-state index in [1.54, 1.807) is 49.4 Å². The van der Waals surface area contributed by atoms with Gasteiger partial charge < -0.3 is 5.11 Å². The van der Waals surface area contributed by atoms with Gasteiger partial charge in [-0.15, -0.1) is 0 Å². The zero-order valence-corrected chi connectivity index (χ0v) is 20.9. The molecule has 0 spiro atoms. The van der Waals surface area contributed by atoms with Crippen molar-refractivity contribution in [3.05, 3.63) is 94.1 Å². The fourth-order valence-corrected chi connectivity index (χ4v) is 6.57. The molecule has 1 fully saturated rings. The summed E-state index contributed by atoms with van der Waals surface area (Å²) in [6.07, 6.45) is 3.84. The van der Waals surface area contributed by atoms with Gasteiger partial charge in [0.1, 0.15) is 5.75 Å². The monoisotopic (exact) mass is 507 g/mol. The number of anilines is 1. The van der Waals surface area contributed by atoms with E-state index in [0.29, 0.717) is 40.0 Å². The maximum absolute atomic E-state index is 13.9. The van der Waals surface area contributed by atoms with Gasteiger partial charge in [-0.1, -0.05) is 23.8 Å². The molecule has 1 aliphatic heterocycles. The fraction of sp³-hybridized carbons (Fsp3) is 0.258. The van der Waals surface area contributed by atoms with Gasteiger partial charge in [-0.2, -0.15) is 0 Å². The van der Waals surface area contributed by atoms with Crippen LogP contribution in [0.3, 0.4) is 0 Å². The van der Waals surface area contributed by atoms with Crippen LogP contribution >= 0.6 is 0 Å². The number of nitrogens with zero attached hydrogens (tertiary/aromatic N) is 1. The topological polar surface area (TPSA) is 109 Å². The van der Waals surface area contributed by atoms with E-state index < -0.39 is 23.7 Å². The lowest BCUT2D eigenvalue weighted by molar-refractivity contribution is -0.123. The van der Waals surface area contributed by atoms with Crippen LogP contribution in [-0.2, 0) is 19.2 Å². The number of aromatic hydroxyl groups is 1. The van der Waals surface area contributed by atoms with E-state index in [4.69, 9.17) is 0 Å². The lowest BCUT2D eigenvalue weighted by Gasteiger charge is -2.42. The smallest absolute Gasteiger partial charge is 0.238 e. The Morgan fingerprint density at radius 1 is 0.974 bits per heavy atom. The number of Topliss-reactive ketones (excluding diaryl/α,β-unsaturated/α-hetero) is 2. The van der Waals surface area contributed by atoms with Crippen molar-refractivity contribution in [1.29, 1.82) is 0 Å². The average Bonchev–Trinajstić information content (AvgIpc) is 3.15. The second-order valence-corrected chi connectivity index (χ2v) is 10.4. The van der Waals surface area contributed by atoms with Gasteiger partial charge in [0.2, 0.25) is 11.8 Å². The van der Waals surface area contributed by atoms with E-state index in [2.05, 4.69) is 0 Å². The van der Waals surface area contributed by atoms with Crippen molar-refractivity contribution in [2.45, 2.75) is 32.6 Å². The molecule has 4 aliphatic rings. The molecule has 190 valence electrons. The minimum absolute atomic E-state index is 0.0367. The van der Waals surface area contributed by atoms with E-state index in [9.17, 15) is 29.1 Å². The van der Waals surface area contributed by atoms with Crippen LogP contribution in [0.2, 0.25) is 0 Å². The molecule has 3 aliphatic carbocycles. The molecule has 7 nitrogen and oxygen atoms in total. The third-order valence-electron chi connectivity index (χ3n) is 8.30. The molecule has 7 heteroatoms. The van der Waals surface area contributed by atoms with Gasteiger partial charge in [0, 0.05) is 28.2 Å². The molecular weight excluding hydrogens is 482 g/mol. The van der Waals surface area contributed by atoms with Gasteiger partial charge in [-0.05, 0) is 80.6 Å². The summed E-state index contributed by atoms with van der Waals surface area (Å²) in [5, 5.41) is 10.2. The van der Waals surface area contributed by atoms with Gasteiger partial charge in [-0.3, -0.25) is 28.9 Å². The Bertz CT molecular complexity index is 1560. The standard InChI is InChI=1S/C31H25NO6/c1-15-12-25(35)28-24(29(15)36)14-23-21(26(28)18-4-3-5-20(34)13-18)10-11-22-27(23)31(38)32(30(22)37)19-8-6-17(7-9-19)16(2)33/h3-10,12-13,22-23,26-27,34H,11,14H2,1-2H3/t22-,23+,26-,27-/m0/s1. The van der Waals surface area contributed by atoms with Crippen LogP contribution < -0.4 is 4.90 Å². The van der Waals surface area contributed by atoms with Gasteiger partial charge in [0.15, 0.2) is 17.3 Å². The zero-order valence-electron chi connectivity index (χ0n) is 20.9. The Morgan fingerprint density at radius 2 is 1.71 bits per heavy atom. The summed E-state index contributed by atoms with van der Waals surface area (Å²) < 4.78 is 0. The van der Waals surface area contributed by atoms with Gasteiger partial charge >= 0.3 is 0 Å². The van der Waals surface area contributed by atoms with E-state index in [0.717, 1.165) is 5.57 Å². The summed E-state index contributed by atoms with van der Waals surface area (Å²) in [7, 11) is 0. The first kappa shape index (κ1) is 24.0. The van der Waals surface area contributed by atoms with Gasteiger partial charge in [-0.25, -0.2) is 0 Å². The molecule has 0 saturated carbocycles. The second kappa shape index (κ2) is 8.58. The number of phenolic OH excluding ortho intramolecular Hbond substituents is 1. The first-order chi connectivity index (χ1) is 18.2. The third kappa shape index (κ3) is 3.45. The summed E-state index contributed by atoms with van der Waals surface area (Å²) in [5.74, 6) is -3.49. The number of phenols is 1. The molecule has 2 aromatic rings. The quantitative estimate of drug-likeness (QED) is 0.288. The number of carbonyl (C=O) groups is 5. The number of carbonyl (C=O) groups excluding carboxylic acids is 5. The van der Waals surface area contributed by atoms with Crippen LogP contribution in [-0.4, -0.2) is 34.3 Å². The summed E-state index contributed by atoms with van der Waals surface area (Å²) in [4.78, 5) is 66.9. The molecule has 0 unspecified atom stereocenters. The van der Waals surface area contributed by atoms with Gasteiger partial charge in [0.25, 0.3) is 0 Å². The summed E-state index contributed by atoms with van der Waals surface area (Å²) in [5.41, 5.74) is 3.51. The largest absolute Gasteiger partial charge is 0.508 e. The zero-order chi connectivity index (χ0) is 26.9. The average molecular weight is 508 g/mol. The van der Waals surface area contributed by atoms with E-state index >= 15 is 0 Å². The third-order valence-corrected chi connectivity index (χ3v) is 8.30. The molecule has 2 amide bonds. The molecule has 0 radical (unpaired) electrons. The molecule has 1 heterocycles. The maximum atomic E-state index is 13.9. The highest BCUT2D eigenvalue weighted by Gasteiger charge is 2.56. The highest BCUT2D eigenvalue weighted by molar-refractivity contribution is 6.25. The maximum Gasteiger partial charge on any atom is 0.238 e. The van der Waals surface area contributed by atoms with E-state index in [1.165, 1.54) is 24.0 Å². The fourth-order valence-electron chi connectivity index (χ4n) is 6.57. The number of allylic oxidation sites excluding steroid dienone is 6. The number of imide groups is 1. The number of fused-ring (bicyclic) bond motifs is 3. The molecule has 0 aromatic heterocycles. The minimum Gasteiger partial charge on any atom is -0.508 e. The Labute approximate surface area is 219 Å². The SMILES string of the molecule is CC(=O)c1ccc(N2C(=O)[C@H]3[C@H](CC=C4[C@H](c5cccc(O)c5)C5=C(C[C@H]43)C(=O)C(C)=CC5=O)C2=O)cc1. The number of hydrogen-bond donors (Lipinski definition) is 1. The van der Waals surface area contributed by atoms with Crippen molar-refractivity contribution in [1.82, 2.24) is 0 Å². The normalized spacial score (nSPS) is 26.5. The summed E-state index contributed by atoms with van der Waals surface area (Å²) in [6, 6.07) is 13.0. The van der Waals surface area contributed by atoms with Crippen LogP contribution in [0.25, 0.3) is 0 Å². The predicted molar refractivity (Wildman–Crippen MR) is 138 cm³/mol. The van der Waals surface area contributed by atoms with Crippen molar-refractivity contribution >= 4 is 34.9 Å². The van der Waals surface area contributed by atoms with Crippen LogP contribution in [0, 0.1) is 17.8 Å². The Kier molecular flexibility index (Phi) is 5.42. The van der Waals surface area contributed by atoms with Crippen molar-refractivity contribution in [3.63, 3.8) is 0 Å². The number of ketones is 3. The molecule has 4 atom stereocenters. The molecule has 38 heavy (non-hydrogen) atoms. The Morgan fingerprint density at radius 3 is 2.39 bits per heavy atom. The predicted octanol–water partition coefficient (Wildman–Crippen LogP) is 4.23. The van der Waals surface area contributed by atoms with E-state index in [1.807, 2.05) is 6.08 Å². The molecule has 1 saturated heterocycles. The van der Waals surface area contributed by atoms with Crippen molar-refractivity contribution in [2.24, 2.45) is 17.8 Å². The van der Waals surface area contributed by atoms with Crippen molar-refractivity contribution < 1.29 is 29.1 Å². The first-order valence-corrected chi connectivity index (χ1v) is 12.7. The number of amides is 2. The molecule has 2 aromatic carbocycles. The highest BCUT2D eigenvalue weighted by atomic mass is 16.3. The Hall–Kier alpha value is -4.39. The summed E-state index contributed by atoms with van der Waals surface area (Å²) in [6.45, 7) is 3.06. The Balaban J connectivity index is 1.45. The van der Waals surface area contributed by atoms with Crippen LogP contribution in [0.1, 0.15) is 48.5 Å². The van der Waals surface area contributed by atoms with Gasteiger partial charge in [0.05, 0.1) is 17.5 Å². The van der Waals surface area contributed by atoms with Crippen LogP contribution in [0.5, 0.6) is 5.75 Å². The number of benzene rings is 2. The minimum atomic E-state index is -0.682. The van der Waals surface area contributed by atoms with E-state index in [-0.39, 0.29) is 41.3 Å². The number of hydrogen-bond acceptors (Lipinski definition) is 6. The first-order valence-electron chi connectivity index (χ1n) is 12.7. The highest BCUT2D eigenvalue weighted by Crippen LogP contribution is 2.55. The van der Waals surface area contributed by atoms with Crippen LogP contribution in [0.15, 0.2) is 83.0 Å². The van der Waals surface area contributed by atoms with Crippen molar-refractivity contribution in [2.75, 3.05) is 4.90 Å². The lowest BCUT2D eigenvalue weighted by atomic mass is 9.59. The molecular formula is C31H25NO6. The molecule has 6 rings (SSSR count). The summed E-state index contributed by atoms with van der Waals surface area (Å²) >= 11 is 0. The number of rotatable bonds is 3.